The van der Waals surface area contributed by atoms with Crippen molar-refractivity contribution < 1.29 is 140 Å². The van der Waals surface area contributed by atoms with Crippen molar-refractivity contribution in [1.82, 2.24) is 0 Å². The van der Waals surface area contributed by atoms with Crippen molar-refractivity contribution in [3.8, 4) is 0 Å². The van der Waals surface area contributed by atoms with Crippen LogP contribution in [0.4, 0.5) is 0 Å². The molecule has 0 rings (SSSR count). The highest BCUT2D eigenvalue weighted by atomic mass is 31.2. The van der Waals surface area contributed by atoms with Crippen molar-refractivity contribution in [3.63, 3.8) is 0 Å². The Morgan fingerprint density at radius 3 is 1.16 bits per heavy atom. The number of rotatable bonds is 20. The first-order valence-electron chi connectivity index (χ1n) is 14.3. The van der Waals surface area contributed by atoms with Crippen LogP contribution in [-0.4, -0.2) is 132 Å². The van der Waals surface area contributed by atoms with Gasteiger partial charge in [0.2, 0.25) is 4.90 Å². The van der Waals surface area contributed by atoms with E-state index >= 15 is 0 Å². The van der Waals surface area contributed by atoms with E-state index in [1.807, 2.05) is 0 Å². The Morgan fingerprint density at radius 1 is 0.536 bits per heavy atom. The van der Waals surface area contributed by atoms with Crippen molar-refractivity contribution in [1.29, 1.82) is 0 Å². The second-order valence-electron chi connectivity index (χ2n) is 12.6. The molecule has 0 aliphatic heterocycles. The van der Waals surface area contributed by atoms with E-state index in [2.05, 4.69) is 9.47 Å². The standard InChI is InChI=1S/C21H38O29P6/c1-7(12(22)23)11(14(26)27)21(55(43,44)45,56(46,47)48)6-49-17(30)19(4,18(51(31,32)33)52(34,35)36)9(3)16(29)50-15(28)8(2)10(13(24)25)20(5,53(37,38)39)54(40,41)42/h7-11,18H,6H2,1-5H3,(H,22,23)(H,24,25)(H,26,27)(H2,31,32,33)(H2,34,35,36)(H2,37,38,39)(H2,40,41,42)(H2,43,44,45)(H2,46,47,48). The maximum absolute atomic E-state index is 13.7. The van der Waals surface area contributed by atoms with Gasteiger partial charge in [-0.2, -0.15) is 0 Å². The fourth-order valence-electron chi connectivity index (χ4n) is 5.59. The van der Waals surface area contributed by atoms with Gasteiger partial charge in [0.15, 0.2) is 10.3 Å². The molecule has 0 amide bonds. The van der Waals surface area contributed by atoms with E-state index < -0.39 is 138 Å². The summed E-state index contributed by atoms with van der Waals surface area (Å²) >= 11 is 0. The second kappa shape index (κ2) is 17.3. The van der Waals surface area contributed by atoms with Crippen LogP contribution in [-0.2, 0) is 65.6 Å². The van der Waals surface area contributed by atoms with Crippen LogP contribution in [0.1, 0.15) is 34.6 Å². The molecule has 0 aromatic rings. The van der Waals surface area contributed by atoms with Gasteiger partial charge < -0.3 is 83.5 Å². The van der Waals surface area contributed by atoms with Crippen LogP contribution in [0.2, 0.25) is 0 Å². The van der Waals surface area contributed by atoms with E-state index in [9.17, 15) is 130 Å². The van der Waals surface area contributed by atoms with Gasteiger partial charge in [-0.25, -0.2) is 0 Å². The fraction of sp³-hybridized carbons (Fsp3) is 0.714. The second-order valence-corrected chi connectivity index (χ2v) is 24.9. The topological polar surface area (TPSA) is 527 Å². The molecule has 0 spiro atoms. The maximum atomic E-state index is 13.7. The summed E-state index contributed by atoms with van der Waals surface area (Å²) < 4.78 is 83.4. The normalized spacial score (nSPS) is 17.8. The minimum Gasteiger partial charge on any atom is -0.481 e. The first-order valence-corrected chi connectivity index (χ1v) is 24.1. The Bertz CT molecular complexity index is 1820. The molecule has 0 heterocycles. The first kappa shape index (κ1) is 53.9. The minimum atomic E-state index is -6.84. The number of hydrogen-bond acceptors (Lipinski definition) is 14. The Labute approximate surface area is 312 Å². The van der Waals surface area contributed by atoms with Gasteiger partial charge in [-0.05, 0) is 13.8 Å². The molecule has 0 aromatic carbocycles. The van der Waals surface area contributed by atoms with Crippen LogP contribution < -0.4 is 0 Å². The number of carbonyl (C=O) groups is 6. The Hall–Kier alpha value is -2.08. The molecule has 326 valence electrons. The number of carboxylic acid groups (broad SMARTS) is 3. The highest BCUT2D eigenvalue weighted by molar-refractivity contribution is 7.73. The van der Waals surface area contributed by atoms with E-state index in [0.717, 1.165) is 0 Å². The molecule has 29 nitrogen and oxygen atoms in total. The third-order valence-electron chi connectivity index (χ3n) is 9.05. The highest BCUT2D eigenvalue weighted by Crippen LogP contribution is 2.75. The first-order chi connectivity index (χ1) is 24.4. The van der Waals surface area contributed by atoms with E-state index in [4.69, 9.17) is 0 Å². The smallest absolute Gasteiger partial charge is 0.348 e. The number of esters is 3. The van der Waals surface area contributed by atoms with Gasteiger partial charge in [0.1, 0.15) is 17.9 Å². The van der Waals surface area contributed by atoms with Gasteiger partial charge in [0, 0.05) is 0 Å². The number of aliphatic carboxylic acids is 3. The van der Waals surface area contributed by atoms with Crippen LogP contribution >= 0.6 is 45.6 Å². The average molecular weight is 940 g/mol. The lowest BCUT2D eigenvalue weighted by Crippen LogP contribution is -2.53. The monoisotopic (exact) mass is 940 g/mol. The molecule has 0 fully saturated rings. The molecule has 6 unspecified atom stereocenters. The fourth-order valence-corrected chi connectivity index (χ4v) is 15.2. The van der Waals surface area contributed by atoms with Gasteiger partial charge in [-0.1, -0.05) is 20.8 Å². The van der Waals surface area contributed by atoms with Crippen LogP contribution in [0.5, 0.6) is 0 Å². The van der Waals surface area contributed by atoms with Crippen LogP contribution in [0.15, 0.2) is 0 Å². The molecule has 0 aliphatic carbocycles. The van der Waals surface area contributed by atoms with Crippen molar-refractivity contribution in [3.05, 3.63) is 0 Å². The summed E-state index contributed by atoms with van der Waals surface area (Å²) in [6, 6.07) is 0. The molecular weight excluding hydrogens is 902 g/mol. The van der Waals surface area contributed by atoms with Crippen molar-refractivity contribution >= 4 is 81.4 Å². The van der Waals surface area contributed by atoms with Crippen molar-refractivity contribution in [2.24, 2.45) is 35.0 Å². The molecule has 15 N–H and O–H groups in total. The predicted octanol–water partition coefficient (Wildman–Crippen LogP) is -2.19. The molecule has 0 bridgehead atoms. The van der Waals surface area contributed by atoms with Gasteiger partial charge >= 0.3 is 81.4 Å². The van der Waals surface area contributed by atoms with E-state index in [0.29, 0.717) is 13.8 Å². The molecule has 0 saturated carbocycles. The van der Waals surface area contributed by atoms with Crippen LogP contribution in [0.25, 0.3) is 0 Å². The molecule has 35 heteroatoms. The summed E-state index contributed by atoms with van der Waals surface area (Å²) in [4.78, 5) is 186. The Balaban J connectivity index is 7.79. The van der Waals surface area contributed by atoms with Gasteiger partial charge in [-0.15, -0.1) is 0 Å². The van der Waals surface area contributed by atoms with Gasteiger partial charge in [0.25, 0.3) is 0 Å². The SMILES string of the molecule is CC(C(=O)OC(=O)C(C)C(C)(C(=O)OCC(C(C(=O)O)C(C)C(=O)O)(P(=O)(O)O)P(=O)(O)O)C(P(=O)(O)O)P(=O)(O)O)C(C(=O)O)C(C)(P(=O)(O)O)P(=O)(O)O. The number of ether oxygens (including phenoxy) is 2. The molecule has 0 aromatic heterocycles. The largest absolute Gasteiger partial charge is 0.481 e. The van der Waals surface area contributed by atoms with E-state index in [1.54, 1.807) is 0 Å². The molecule has 0 aliphatic rings. The lowest BCUT2D eigenvalue weighted by atomic mass is 9.79. The zero-order valence-corrected chi connectivity index (χ0v) is 34.1. The minimum absolute atomic E-state index is 0.0158. The van der Waals surface area contributed by atoms with E-state index in [-0.39, 0.29) is 20.8 Å². The molecule has 0 radical (unpaired) electrons. The van der Waals surface area contributed by atoms with Crippen molar-refractivity contribution in [2.75, 3.05) is 6.61 Å². The van der Waals surface area contributed by atoms with Crippen LogP contribution in [0, 0.1) is 35.0 Å². The third kappa shape index (κ3) is 10.4. The average Bonchev–Trinajstić information content (AvgIpc) is 2.93. The van der Waals surface area contributed by atoms with E-state index in [1.165, 1.54) is 0 Å². The van der Waals surface area contributed by atoms with Crippen LogP contribution in [0.3, 0.4) is 0 Å². The van der Waals surface area contributed by atoms with Gasteiger partial charge in [0.05, 0.1) is 23.7 Å². The number of hydrogen-bond donors (Lipinski definition) is 15. The molecule has 56 heavy (non-hydrogen) atoms. The summed E-state index contributed by atoms with van der Waals surface area (Å²) in [5.41, 5.74) is -3.98. The summed E-state index contributed by atoms with van der Waals surface area (Å²) in [5.74, 6) is -29.9. The summed E-state index contributed by atoms with van der Waals surface area (Å²) in [5, 5.41) is 24.8. The summed E-state index contributed by atoms with van der Waals surface area (Å²) in [6.45, 7) is -1.65. The lowest BCUT2D eigenvalue weighted by molar-refractivity contribution is -0.176. The molecular formula is C21H38O29P6. The molecule has 0 saturated heterocycles. The third-order valence-corrected chi connectivity index (χ3v) is 22.1. The lowest BCUT2D eigenvalue weighted by Gasteiger charge is -2.42. The maximum Gasteiger partial charge on any atom is 0.348 e. The summed E-state index contributed by atoms with van der Waals surface area (Å²) in [7, 11) is -39.4. The quantitative estimate of drug-likeness (QED) is 0.0350. The predicted molar refractivity (Wildman–Crippen MR) is 175 cm³/mol. The van der Waals surface area contributed by atoms with Gasteiger partial charge in [-0.3, -0.25) is 56.2 Å². The zero-order valence-electron chi connectivity index (χ0n) is 28.8. The molecule has 6 atom stereocenters. The summed E-state index contributed by atoms with van der Waals surface area (Å²) in [6.07, 6.45) is 0. The number of carbonyl (C=O) groups excluding carboxylic acids is 3. The Morgan fingerprint density at radius 2 is 0.893 bits per heavy atom. The highest BCUT2D eigenvalue weighted by Gasteiger charge is 2.72. The zero-order chi connectivity index (χ0) is 45.5. The van der Waals surface area contributed by atoms with Crippen molar-refractivity contribution in [2.45, 2.75) is 49.8 Å². The number of carboxylic acids is 3. The Kier molecular flexibility index (Phi) is 16.6.